The molecule has 1 amide bonds. The summed E-state index contributed by atoms with van der Waals surface area (Å²) in [7, 11) is 0. The van der Waals surface area contributed by atoms with Crippen molar-refractivity contribution in [1.82, 2.24) is 14.9 Å². The Labute approximate surface area is 163 Å². The topological polar surface area (TPSA) is 73.2 Å². The summed E-state index contributed by atoms with van der Waals surface area (Å²) >= 11 is 1.30. The van der Waals surface area contributed by atoms with Crippen molar-refractivity contribution >= 4 is 28.6 Å². The average molecular weight is 390 g/mol. The highest BCUT2D eigenvalue weighted by molar-refractivity contribution is 7.99. The second kappa shape index (κ2) is 8.44. The van der Waals surface area contributed by atoms with Crippen LogP contribution in [0, 0.1) is 0 Å². The standard InChI is InChI=1S/C20H27N3O3S/c1-4-20(2,3)22-17(24)13-27-19-21-16-10-6-5-9-15(16)18(25)23(19)12-14-8-7-11-26-14/h5-6,9-10,14H,4,7-8,11-13H2,1-3H3,(H,22,24). The van der Waals surface area contributed by atoms with Gasteiger partial charge in [-0.3, -0.25) is 14.2 Å². The molecule has 7 heteroatoms. The Morgan fingerprint density at radius 1 is 1.41 bits per heavy atom. The quantitative estimate of drug-likeness (QED) is 0.582. The number of hydrogen-bond donors (Lipinski definition) is 1. The van der Waals surface area contributed by atoms with Crippen molar-refractivity contribution in [2.75, 3.05) is 12.4 Å². The zero-order chi connectivity index (χ0) is 19.4. The van der Waals surface area contributed by atoms with Crippen molar-refractivity contribution < 1.29 is 9.53 Å². The average Bonchev–Trinajstić information content (AvgIpc) is 3.15. The Kier molecular flexibility index (Phi) is 6.22. The minimum Gasteiger partial charge on any atom is -0.376 e. The molecule has 1 aliphatic heterocycles. The number of carbonyl (C=O) groups is 1. The number of carbonyl (C=O) groups excluding carboxylic acids is 1. The van der Waals surface area contributed by atoms with Gasteiger partial charge in [0, 0.05) is 12.1 Å². The molecule has 0 spiro atoms. The summed E-state index contributed by atoms with van der Waals surface area (Å²) in [5.41, 5.74) is 0.335. The van der Waals surface area contributed by atoms with Gasteiger partial charge in [-0.15, -0.1) is 0 Å². The van der Waals surface area contributed by atoms with E-state index in [9.17, 15) is 9.59 Å². The molecule has 0 aliphatic carbocycles. The lowest BCUT2D eigenvalue weighted by molar-refractivity contribution is -0.120. The van der Waals surface area contributed by atoms with Crippen molar-refractivity contribution in [3.05, 3.63) is 34.6 Å². The van der Waals surface area contributed by atoms with Gasteiger partial charge in [0.1, 0.15) is 0 Å². The highest BCUT2D eigenvalue weighted by Gasteiger charge is 2.22. The second-order valence-electron chi connectivity index (χ2n) is 7.54. The van der Waals surface area contributed by atoms with Crippen molar-refractivity contribution in [1.29, 1.82) is 0 Å². The van der Waals surface area contributed by atoms with E-state index in [-0.39, 0.29) is 28.9 Å². The number of nitrogens with one attached hydrogen (secondary N) is 1. The number of ether oxygens (including phenoxy) is 1. The van der Waals surface area contributed by atoms with Crippen LogP contribution in [0.3, 0.4) is 0 Å². The second-order valence-corrected chi connectivity index (χ2v) is 8.48. The SMILES string of the molecule is CCC(C)(C)NC(=O)CSc1nc2ccccc2c(=O)n1CC1CCCO1. The number of rotatable bonds is 7. The zero-order valence-electron chi connectivity index (χ0n) is 16.2. The summed E-state index contributed by atoms with van der Waals surface area (Å²) < 4.78 is 7.38. The van der Waals surface area contributed by atoms with E-state index in [1.54, 1.807) is 10.6 Å². The van der Waals surface area contributed by atoms with Gasteiger partial charge in [-0.05, 0) is 45.2 Å². The van der Waals surface area contributed by atoms with Gasteiger partial charge >= 0.3 is 0 Å². The van der Waals surface area contributed by atoms with E-state index in [1.165, 1.54) is 11.8 Å². The first-order valence-electron chi connectivity index (χ1n) is 9.44. The van der Waals surface area contributed by atoms with Crippen LogP contribution in [0.15, 0.2) is 34.2 Å². The largest absolute Gasteiger partial charge is 0.376 e. The van der Waals surface area contributed by atoms with Crippen LogP contribution >= 0.6 is 11.8 Å². The van der Waals surface area contributed by atoms with Crippen molar-refractivity contribution in [2.45, 2.75) is 63.4 Å². The van der Waals surface area contributed by atoms with E-state index in [4.69, 9.17) is 4.74 Å². The highest BCUT2D eigenvalue weighted by atomic mass is 32.2. The molecule has 1 aromatic carbocycles. The maximum Gasteiger partial charge on any atom is 0.262 e. The van der Waals surface area contributed by atoms with Crippen LogP contribution in [0.5, 0.6) is 0 Å². The molecular weight excluding hydrogens is 362 g/mol. The maximum atomic E-state index is 13.0. The summed E-state index contributed by atoms with van der Waals surface area (Å²) in [5.74, 6) is 0.164. The van der Waals surface area contributed by atoms with Crippen LogP contribution in [-0.2, 0) is 16.1 Å². The van der Waals surface area contributed by atoms with Gasteiger partial charge in [-0.2, -0.15) is 0 Å². The molecule has 6 nitrogen and oxygen atoms in total. The third kappa shape index (κ3) is 4.90. The monoisotopic (exact) mass is 389 g/mol. The summed E-state index contributed by atoms with van der Waals surface area (Å²) in [6, 6.07) is 7.33. The van der Waals surface area contributed by atoms with Gasteiger partial charge in [0.05, 0.1) is 29.3 Å². The van der Waals surface area contributed by atoms with Crippen molar-refractivity contribution in [2.24, 2.45) is 0 Å². The Hall–Kier alpha value is -1.86. The molecule has 3 rings (SSSR count). The molecule has 2 aromatic rings. The minimum absolute atomic E-state index is 0.0258. The molecule has 1 fully saturated rings. The van der Waals surface area contributed by atoms with E-state index < -0.39 is 0 Å². The molecule has 0 radical (unpaired) electrons. The Balaban J connectivity index is 1.85. The minimum atomic E-state index is -0.244. The number of fused-ring (bicyclic) bond motifs is 1. The first kappa shape index (κ1) is 19.9. The van der Waals surface area contributed by atoms with Crippen LogP contribution in [0.4, 0.5) is 0 Å². The predicted octanol–water partition coefficient (Wildman–Crippen LogP) is 2.97. The maximum absolute atomic E-state index is 13.0. The molecule has 1 N–H and O–H groups in total. The van der Waals surface area contributed by atoms with Crippen molar-refractivity contribution in [3.8, 4) is 0 Å². The first-order valence-corrected chi connectivity index (χ1v) is 10.4. The number of thioether (sulfide) groups is 1. The molecule has 1 atom stereocenters. The summed E-state index contributed by atoms with van der Waals surface area (Å²) in [6.45, 7) is 7.24. The number of aromatic nitrogens is 2. The lowest BCUT2D eigenvalue weighted by Crippen LogP contribution is -2.43. The number of para-hydroxylation sites is 1. The van der Waals surface area contributed by atoms with Gasteiger partial charge in [-0.25, -0.2) is 4.98 Å². The van der Waals surface area contributed by atoms with E-state index in [1.807, 2.05) is 39.0 Å². The van der Waals surface area contributed by atoms with Crippen LogP contribution in [0.1, 0.15) is 40.0 Å². The third-order valence-electron chi connectivity index (χ3n) is 4.93. The van der Waals surface area contributed by atoms with E-state index in [0.717, 1.165) is 25.9 Å². The Bertz CT molecular complexity index is 872. The molecule has 146 valence electrons. The van der Waals surface area contributed by atoms with Gasteiger partial charge in [-0.1, -0.05) is 30.8 Å². The molecular formula is C20H27N3O3S. The predicted molar refractivity (Wildman–Crippen MR) is 108 cm³/mol. The fourth-order valence-electron chi connectivity index (χ4n) is 3.04. The van der Waals surface area contributed by atoms with E-state index >= 15 is 0 Å². The summed E-state index contributed by atoms with van der Waals surface area (Å²) in [6.07, 6.45) is 2.82. The molecule has 0 bridgehead atoms. The van der Waals surface area contributed by atoms with Gasteiger partial charge in [0.15, 0.2) is 5.16 Å². The molecule has 2 heterocycles. The lowest BCUT2D eigenvalue weighted by Gasteiger charge is -2.24. The van der Waals surface area contributed by atoms with Crippen LogP contribution in [0.25, 0.3) is 10.9 Å². The molecule has 1 unspecified atom stereocenters. The number of hydrogen-bond acceptors (Lipinski definition) is 5. The number of benzene rings is 1. The van der Waals surface area contributed by atoms with Crippen molar-refractivity contribution in [3.63, 3.8) is 0 Å². The van der Waals surface area contributed by atoms with Crippen LogP contribution in [-0.4, -0.2) is 39.5 Å². The number of amides is 1. The zero-order valence-corrected chi connectivity index (χ0v) is 17.0. The molecule has 27 heavy (non-hydrogen) atoms. The van der Waals surface area contributed by atoms with Gasteiger partial charge in [0.25, 0.3) is 5.56 Å². The first-order chi connectivity index (χ1) is 12.9. The molecule has 1 aliphatic rings. The van der Waals surface area contributed by atoms with Crippen LogP contribution < -0.4 is 10.9 Å². The number of nitrogens with zero attached hydrogens (tertiary/aromatic N) is 2. The van der Waals surface area contributed by atoms with Gasteiger partial charge < -0.3 is 10.1 Å². The summed E-state index contributed by atoms with van der Waals surface area (Å²) in [4.78, 5) is 30.0. The van der Waals surface area contributed by atoms with Gasteiger partial charge in [0.2, 0.25) is 5.91 Å². The fraction of sp³-hybridized carbons (Fsp3) is 0.550. The molecule has 1 saturated heterocycles. The Morgan fingerprint density at radius 3 is 2.89 bits per heavy atom. The fourth-order valence-corrected chi connectivity index (χ4v) is 3.85. The normalized spacial score (nSPS) is 17.4. The van der Waals surface area contributed by atoms with Crippen LogP contribution in [0.2, 0.25) is 0 Å². The van der Waals surface area contributed by atoms with E-state index in [0.29, 0.717) is 22.6 Å². The lowest BCUT2D eigenvalue weighted by atomic mass is 10.0. The molecule has 0 saturated carbocycles. The summed E-state index contributed by atoms with van der Waals surface area (Å²) in [5, 5.41) is 4.18. The Morgan fingerprint density at radius 2 is 2.19 bits per heavy atom. The third-order valence-corrected chi connectivity index (χ3v) is 5.91. The van der Waals surface area contributed by atoms with E-state index in [2.05, 4.69) is 10.3 Å². The highest BCUT2D eigenvalue weighted by Crippen LogP contribution is 2.21. The molecule has 1 aromatic heterocycles. The smallest absolute Gasteiger partial charge is 0.262 e.